The van der Waals surface area contributed by atoms with Crippen molar-refractivity contribution in [3.05, 3.63) is 119 Å². The number of carbonyl (C=O) groups is 17. The molecule has 0 spiro atoms. The van der Waals surface area contributed by atoms with Crippen molar-refractivity contribution < 1.29 is 101 Å². The molecule has 3 aliphatic rings. The lowest BCUT2D eigenvalue weighted by molar-refractivity contribution is -0.149. The van der Waals surface area contributed by atoms with Gasteiger partial charge in [-0.15, -0.1) is 23.1 Å². The Kier molecular flexibility index (Phi) is 39.5. The summed E-state index contributed by atoms with van der Waals surface area (Å²) in [6, 6.07) is -3.80. The predicted octanol–water partition coefficient (Wildman–Crippen LogP) is -0.921. The van der Waals surface area contributed by atoms with Gasteiger partial charge in [-0.05, 0) is 110 Å². The second kappa shape index (κ2) is 50.4. The maximum absolute atomic E-state index is 16.4. The summed E-state index contributed by atoms with van der Waals surface area (Å²) in [4.78, 5) is 265. The summed E-state index contributed by atoms with van der Waals surface area (Å²) in [6.45, 7) is 4.72. The molecule has 3 aromatic carbocycles. The molecule has 6 heterocycles. The average molecular weight is 1950 g/mol. The Morgan fingerprint density at radius 1 is 0.584 bits per heavy atom. The van der Waals surface area contributed by atoms with Gasteiger partial charge in [-0.25, -0.2) is 13.8 Å². The highest BCUT2D eigenvalue weighted by atomic mass is 32.2. The number of nitrogens with two attached hydrogens (primary N) is 3. The molecule has 744 valence electrons. The molecule has 46 heteroatoms. The van der Waals surface area contributed by atoms with Crippen LogP contribution < -0.4 is 75.7 Å². The average Bonchev–Trinajstić information content (AvgIpc) is 1.64. The molecular formula is C91H125F2N23O19S2. The van der Waals surface area contributed by atoms with E-state index < -0.39 is 253 Å². The van der Waals surface area contributed by atoms with Crippen LogP contribution in [0, 0.1) is 11.3 Å². The van der Waals surface area contributed by atoms with Crippen molar-refractivity contribution in [3.63, 3.8) is 0 Å². The molecule has 42 nitrogen and oxygen atoms in total. The summed E-state index contributed by atoms with van der Waals surface area (Å²) in [6.07, 6.45) is 1.63. The molecule has 0 radical (unpaired) electrons. The first-order valence-electron chi connectivity index (χ1n) is 45.5. The number of H-pyrrole nitrogens is 2. The highest BCUT2D eigenvalue weighted by Crippen LogP contribution is 2.35. The Bertz CT molecular complexity index is 5320. The lowest BCUT2D eigenvalue weighted by atomic mass is 10.00. The van der Waals surface area contributed by atoms with Crippen LogP contribution in [0.25, 0.3) is 21.0 Å². The number of likely N-dealkylation sites (N-methyl/N-ethyl adjacent to an activating group) is 3. The van der Waals surface area contributed by atoms with E-state index >= 15 is 47.1 Å². The lowest BCUT2D eigenvalue weighted by Crippen LogP contribution is -2.62. The smallest absolute Gasteiger partial charge is 0.267 e. The van der Waals surface area contributed by atoms with Gasteiger partial charge in [0.15, 0.2) is 5.96 Å². The number of hydrogen-bond acceptors (Lipinski definition) is 23. The Balaban J connectivity index is 1.11. The number of para-hydroxylation sites is 1. The van der Waals surface area contributed by atoms with Gasteiger partial charge in [-0.2, -0.15) is 0 Å². The number of amides is 17. The number of nitrogens with zero attached hydrogens (tertiary/aromatic N) is 6. The largest absolute Gasteiger partial charge is 0.508 e. The van der Waals surface area contributed by atoms with E-state index in [1.807, 2.05) is 19.9 Å². The van der Waals surface area contributed by atoms with Crippen molar-refractivity contribution in [2.45, 2.75) is 234 Å². The molecule has 14 atom stereocenters. The Morgan fingerprint density at radius 3 is 1.81 bits per heavy atom. The van der Waals surface area contributed by atoms with Crippen LogP contribution in [0.15, 0.2) is 96.9 Å². The second-order valence-corrected chi connectivity index (χ2v) is 37.0. The van der Waals surface area contributed by atoms with E-state index in [-0.39, 0.29) is 88.7 Å². The maximum Gasteiger partial charge on any atom is 0.267 e. The second-order valence-electron chi connectivity index (χ2n) is 35.0. The molecule has 0 bridgehead atoms. The quantitative estimate of drug-likeness (QED) is 0.0177. The number of aromatic nitrogens is 3. The van der Waals surface area contributed by atoms with Crippen molar-refractivity contribution in [1.82, 2.24) is 97.9 Å². The van der Waals surface area contributed by atoms with Crippen LogP contribution in [0.3, 0.4) is 0 Å². The molecule has 3 saturated heterocycles. The maximum atomic E-state index is 16.4. The van der Waals surface area contributed by atoms with Crippen LogP contribution in [0.4, 0.5) is 8.78 Å². The van der Waals surface area contributed by atoms with E-state index in [4.69, 9.17) is 22.6 Å². The van der Waals surface area contributed by atoms with Crippen molar-refractivity contribution in [3.8, 4) is 5.75 Å². The minimum absolute atomic E-state index is 0.0206. The number of guanidine groups is 1. The first-order valence-corrected chi connectivity index (χ1v) is 47.5. The number of primary amides is 2. The van der Waals surface area contributed by atoms with Crippen molar-refractivity contribution in [1.29, 1.82) is 5.41 Å². The summed E-state index contributed by atoms with van der Waals surface area (Å²) in [5.41, 5.74) is 18.9. The summed E-state index contributed by atoms with van der Waals surface area (Å²) in [5, 5.41) is 60.7. The van der Waals surface area contributed by atoms with E-state index in [0.29, 0.717) is 63.6 Å². The third-order valence-corrected chi connectivity index (χ3v) is 26.2. The standard InChI is InChI=1S/C91H125F2N23O19S2/c1-9-11-23-68-82(128)104-59(22-17-31-99-90(96)97)78(124)111-67(77(123)101-42-74(95)120)45-136-46-75(121)103-63(34-51-27-29-55(118)30-28-51)85(131)112(6)50(5)76(122)107-65(38-73(94)119)87(133)115-32-18-25-69(115)83(129)106-61(37-54-41-98-48-102-54)80(126)108-62(33-49(3)4)88(134)116-47-91(92,93)39-71(116)84(130)105-60(35-52-40-100-58-21-15-13-19-56(52)58)79(125)110-66(43-117)81(127)109-64(36-53-44-137-72-26-16-14-20-57(53)72)86(132)114(8)70(24-12-10-2)89(135)113(68)7/h13-16,19-21,26-30,40-41,44,48-50,59-71,100,117-118H,9-12,17-18,22-25,31-39,42-43,45-47H2,1-8H3,(H2,94,119)(H2,95,120)(H,98,102)(H,101,123)(H,103,121)(H,104,128)(H,105,130)(H,106,129)(H,107,122)(H,108,126)(H,109,127)(H,110,125)(H,111,124)(H4,96,97,99)/t50-,59-,60-,61-,62-,63-,64-,65-,66-,67-,68-,69-,70-,71-/m0/s1. The Morgan fingerprint density at radius 2 is 1.16 bits per heavy atom. The van der Waals surface area contributed by atoms with Crippen molar-refractivity contribution >= 4 is 150 Å². The first kappa shape index (κ1) is 107. The number of aliphatic hydroxyl groups is 1. The molecule has 137 heavy (non-hydrogen) atoms. The number of nitrogens with one attached hydrogen (secondary N) is 14. The van der Waals surface area contributed by atoms with Crippen molar-refractivity contribution in [2.24, 2.45) is 23.1 Å². The summed E-state index contributed by atoms with van der Waals surface area (Å²) in [7, 11) is 3.84. The lowest BCUT2D eigenvalue weighted by Gasteiger charge is -2.36. The van der Waals surface area contributed by atoms with Gasteiger partial charge in [0.2, 0.25) is 100 Å². The number of fused-ring (bicyclic) bond motifs is 4. The number of thioether (sulfide) groups is 1. The van der Waals surface area contributed by atoms with Gasteiger partial charge in [-0.1, -0.05) is 102 Å². The fourth-order valence-corrected chi connectivity index (χ4v) is 18.5. The molecular weight excluding hydrogens is 1820 g/mol. The zero-order chi connectivity index (χ0) is 100. The van der Waals surface area contributed by atoms with Gasteiger partial charge in [0, 0.05) is 106 Å². The van der Waals surface area contributed by atoms with Gasteiger partial charge < -0.3 is 120 Å². The predicted molar refractivity (Wildman–Crippen MR) is 502 cm³/mol. The first-order chi connectivity index (χ1) is 65.1. The van der Waals surface area contributed by atoms with E-state index in [1.54, 1.807) is 61.7 Å². The minimum atomic E-state index is -3.80. The zero-order valence-corrected chi connectivity index (χ0v) is 79.3. The molecule has 17 amide bonds. The summed E-state index contributed by atoms with van der Waals surface area (Å²) >= 11 is 2.07. The Labute approximate surface area is 798 Å². The molecule has 3 aliphatic heterocycles. The number of thiophene rings is 1. The van der Waals surface area contributed by atoms with Crippen LogP contribution in [-0.2, 0) is 107 Å². The molecule has 0 saturated carbocycles. The number of phenolic OH excluding ortho intramolecular Hbond substituents is 1. The number of imidazole rings is 1. The SMILES string of the molecule is CCCC[C@H]1C(=O)N(C)[C@@H](CCCC)C(=O)N[C@@H](CCCNC(=N)N)C(=O)N[C@H](C(=O)NCC(N)=O)CSCC(=O)N[C@@H](Cc2ccc(O)cc2)C(=O)N(C)[C@@H](C)C(=O)N[C@@H](CC(N)=O)C(=O)N2CCC[C@H]2C(=O)N[C@@H](Cc2cnc[nH]2)C(=O)N[C@@H](CC(C)C)C(=O)N2CC(F)(F)C[C@H]2C(=O)N[C@@H](Cc2c[nH]c3ccccc23)C(=O)N[C@@H](CO)C(=O)N[C@@H](Cc2csc3ccccc23)C(=O)N1C. The van der Waals surface area contributed by atoms with Gasteiger partial charge in [-0.3, -0.25) is 86.9 Å². The molecule has 3 fully saturated rings. The van der Waals surface area contributed by atoms with E-state index in [9.17, 15) is 53.4 Å². The number of carbonyl (C=O) groups excluding carboxylic acids is 17. The fourth-order valence-electron chi connectivity index (χ4n) is 16.7. The highest BCUT2D eigenvalue weighted by Gasteiger charge is 2.53. The number of rotatable bonds is 26. The van der Waals surface area contributed by atoms with E-state index in [2.05, 4.69) is 73.4 Å². The van der Waals surface area contributed by atoms with Crippen LogP contribution >= 0.6 is 23.1 Å². The third-order valence-electron chi connectivity index (χ3n) is 24.2. The third kappa shape index (κ3) is 30.0. The molecule has 0 aliphatic carbocycles. The topological polar surface area (TPSA) is 626 Å². The fraction of sp³-hybridized carbons (Fsp3) is 0.527. The normalized spacial score (nSPS) is 24.4. The number of benzene rings is 3. The molecule has 3 aromatic heterocycles. The number of aromatic amines is 2. The van der Waals surface area contributed by atoms with Gasteiger partial charge >= 0.3 is 0 Å². The van der Waals surface area contributed by atoms with Crippen LogP contribution in [0.5, 0.6) is 5.75 Å². The number of phenols is 1. The number of alkyl halides is 2. The van der Waals surface area contributed by atoms with E-state index in [0.717, 1.165) is 36.1 Å². The molecule has 0 unspecified atom stereocenters. The number of halogens is 2. The monoisotopic (exact) mass is 1950 g/mol. The number of aliphatic hydroxyl groups excluding tert-OH is 1. The van der Waals surface area contributed by atoms with Crippen LogP contribution in [0.2, 0.25) is 0 Å². The summed E-state index contributed by atoms with van der Waals surface area (Å²) in [5.74, 6) is -23.3. The Hall–Kier alpha value is -13.4. The van der Waals surface area contributed by atoms with Crippen LogP contribution in [-0.4, -0.2) is 312 Å². The van der Waals surface area contributed by atoms with Gasteiger partial charge in [0.05, 0.1) is 38.2 Å². The number of hydrogen-bond donors (Lipinski definition) is 19. The zero-order valence-electron chi connectivity index (χ0n) is 77.7. The summed E-state index contributed by atoms with van der Waals surface area (Å²) < 4.78 is 33.5. The number of unbranched alkanes of at least 4 members (excludes halogenated alkanes) is 2. The van der Waals surface area contributed by atoms with Gasteiger partial charge in [0.1, 0.15) is 90.3 Å². The number of aromatic hydroxyl groups is 1. The minimum Gasteiger partial charge on any atom is -0.508 e. The van der Waals surface area contributed by atoms with Gasteiger partial charge in [0.25, 0.3) is 5.92 Å². The van der Waals surface area contributed by atoms with Crippen LogP contribution in [0.1, 0.15) is 140 Å². The molecule has 6 aromatic rings. The molecule has 9 rings (SSSR count). The van der Waals surface area contributed by atoms with E-state index in [1.165, 1.54) is 82.4 Å². The highest BCUT2D eigenvalue weighted by molar-refractivity contribution is 8.00. The van der Waals surface area contributed by atoms with Crippen molar-refractivity contribution in [2.75, 3.05) is 65.4 Å². The molecule has 22 N–H and O–H groups in total.